The molecule has 1 aliphatic heterocycles. The van der Waals surface area contributed by atoms with Gasteiger partial charge in [-0.1, -0.05) is 29.8 Å². The number of nitrogens with zero attached hydrogens (tertiary/aromatic N) is 3. The number of alkyl halides is 3. The van der Waals surface area contributed by atoms with Gasteiger partial charge in [-0.15, -0.1) is 0 Å². The number of rotatable bonds is 2. The molecule has 0 spiro atoms. The van der Waals surface area contributed by atoms with Crippen LogP contribution >= 0.6 is 11.6 Å². The summed E-state index contributed by atoms with van der Waals surface area (Å²) < 4.78 is 54.6. The minimum absolute atomic E-state index is 0.106. The number of anilines is 1. The van der Waals surface area contributed by atoms with Crippen molar-refractivity contribution in [3.05, 3.63) is 88.1 Å². The Kier molecular flexibility index (Phi) is 4.62. The lowest BCUT2D eigenvalue weighted by Gasteiger charge is -2.36. The first-order valence-corrected chi connectivity index (χ1v) is 9.92. The fourth-order valence-corrected chi connectivity index (χ4v) is 4.31. The predicted octanol–water partition coefficient (Wildman–Crippen LogP) is 5.92. The summed E-state index contributed by atoms with van der Waals surface area (Å²) in [4.78, 5) is 12.7. The smallest absolute Gasteiger partial charge is 0.356 e. The number of H-pyrrole nitrogens is 1. The van der Waals surface area contributed by atoms with Crippen molar-refractivity contribution in [3.63, 3.8) is 0 Å². The third kappa shape index (κ3) is 3.40. The van der Waals surface area contributed by atoms with Gasteiger partial charge in [0.25, 0.3) is 0 Å². The predicted molar refractivity (Wildman–Crippen MR) is 110 cm³/mol. The van der Waals surface area contributed by atoms with Crippen LogP contribution in [0.4, 0.5) is 23.5 Å². The molecular weight excluding hydrogens is 432 g/mol. The molecule has 4 aromatic rings. The van der Waals surface area contributed by atoms with Crippen molar-refractivity contribution in [2.24, 2.45) is 0 Å². The number of benzene rings is 2. The molecule has 0 saturated carbocycles. The van der Waals surface area contributed by atoms with Gasteiger partial charge in [-0.3, -0.25) is 0 Å². The van der Waals surface area contributed by atoms with Gasteiger partial charge in [0, 0.05) is 39.9 Å². The number of hydrogen-bond acceptors (Lipinski definition) is 3. The molecule has 2 aromatic heterocycles. The van der Waals surface area contributed by atoms with E-state index >= 15 is 0 Å². The van der Waals surface area contributed by atoms with Gasteiger partial charge in [0.15, 0.2) is 0 Å². The zero-order chi connectivity index (χ0) is 21.8. The van der Waals surface area contributed by atoms with E-state index < -0.39 is 23.7 Å². The average Bonchev–Trinajstić information content (AvgIpc) is 3.11. The summed E-state index contributed by atoms with van der Waals surface area (Å²) in [5, 5.41) is 1.48. The van der Waals surface area contributed by atoms with Crippen molar-refractivity contribution in [2.75, 3.05) is 11.4 Å². The van der Waals surface area contributed by atoms with Crippen LogP contribution in [0.5, 0.6) is 0 Å². The van der Waals surface area contributed by atoms with Gasteiger partial charge < -0.3 is 9.88 Å². The van der Waals surface area contributed by atoms with Crippen molar-refractivity contribution in [3.8, 4) is 0 Å². The number of nitrogens with one attached hydrogen (secondary N) is 1. The van der Waals surface area contributed by atoms with Crippen molar-refractivity contribution in [1.29, 1.82) is 0 Å². The van der Waals surface area contributed by atoms with Crippen molar-refractivity contribution in [2.45, 2.75) is 18.6 Å². The normalized spacial score (nSPS) is 16.5. The molecule has 0 saturated heterocycles. The standard InChI is InChI=1S/C22H15ClF4N4/c23-12-5-6-17-15(11-12)13-8-10-31(21-28-9-7-18(30-21)22(25,26)27)20(19(13)29-17)14-3-1-2-4-16(14)24/h1-7,9,11,20,29H,8,10H2. The molecule has 0 aliphatic carbocycles. The van der Waals surface area contributed by atoms with E-state index in [2.05, 4.69) is 15.0 Å². The summed E-state index contributed by atoms with van der Waals surface area (Å²) in [6.45, 7) is 0.312. The van der Waals surface area contributed by atoms with E-state index in [-0.39, 0.29) is 5.95 Å². The lowest BCUT2D eigenvalue weighted by molar-refractivity contribution is -0.141. The average molecular weight is 447 g/mol. The van der Waals surface area contributed by atoms with E-state index in [9.17, 15) is 17.6 Å². The number of aromatic amines is 1. The molecule has 0 radical (unpaired) electrons. The Hall–Kier alpha value is -3.13. The molecule has 0 amide bonds. The van der Waals surface area contributed by atoms with Gasteiger partial charge in [0.2, 0.25) is 5.95 Å². The lowest BCUT2D eigenvalue weighted by Crippen LogP contribution is -2.38. The molecule has 1 N–H and O–H groups in total. The van der Waals surface area contributed by atoms with Crippen molar-refractivity contribution in [1.82, 2.24) is 15.0 Å². The number of aromatic nitrogens is 3. The second kappa shape index (κ2) is 7.23. The van der Waals surface area contributed by atoms with Crippen LogP contribution in [-0.4, -0.2) is 21.5 Å². The molecular formula is C22H15ClF4N4. The third-order valence-electron chi connectivity index (χ3n) is 5.48. The molecule has 1 atom stereocenters. The second-order valence-electron chi connectivity index (χ2n) is 7.31. The number of fused-ring (bicyclic) bond motifs is 3. The lowest BCUT2D eigenvalue weighted by atomic mass is 9.92. The molecule has 31 heavy (non-hydrogen) atoms. The molecule has 0 fully saturated rings. The van der Waals surface area contributed by atoms with Crippen LogP contribution < -0.4 is 4.90 Å². The van der Waals surface area contributed by atoms with Gasteiger partial charge >= 0.3 is 6.18 Å². The first-order valence-electron chi connectivity index (χ1n) is 9.54. The summed E-state index contributed by atoms with van der Waals surface area (Å²) in [7, 11) is 0. The maximum Gasteiger partial charge on any atom is 0.433 e. The van der Waals surface area contributed by atoms with Crippen LogP contribution in [0.25, 0.3) is 10.9 Å². The first kappa shape index (κ1) is 19.8. The molecule has 3 heterocycles. The highest BCUT2D eigenvalue weighted by molar-refractivity contribution is 6.31. The Morgan fingerprint density at radius 1 is 1.10 bits per heavy atom. The minimum Gasteiger partial charge on any atom is -0.356 e. The fourth-order valence-electron chi connectivity index (χ4n) is 4.14. The molecule has 1 unspecified atom stereocenters. The highest BCUT2D eigenvalue weighted by atomic mass is 35.5. The van der Waals surface area contributed by atoms with E-state index in [4.69, 9.17) is 11.6 Å². The zero-order valence-corrected chi connectivity index (χ0v) is 16.7. The first-order chi connectivity index (χ1) is 14.8. The summed E-state index contributed by atoms with van der Waals surface area (Å²) >= 11 is 6.17. The summed E-state index contributed by atoms with van der Waals surface area (Å²) in [5.74, 6) is -0.570. The maximum atomic E-state index is 14.9. The molecule has 0 bridgehead atoms. The molecule has 1 aliphatic rings. The Morgan fingerprint density at radius 3 is 2.68 bits per heavy atom. The minimum atomic E-state index is -4.61. The van der Waals surface area contributed by atoms with Crippen LogP contribution in [-0.2, 0) is 12.6 Å². The van der Waals surface area contributed by atoms with Crippen LogP contribution in [0.15, 0.2) is 54.7 Å². The molecule has 2 aromatic carbocycles. The van der Waals surface area contributed by atoms with E-state index in [1.807, 2.05) is 12.1 Å². The van der Waals surface area contributed by atoms with Crippen LogP contribution in [0.2, 0.25) is 5.02 Å². The summed E-state index contributed by atoms with van der Waals surface area (Å²) in [6, 6.07) is 11.7. The van der Waals surface area contributed by atoms with Crippen LogP contribution in [0, 0.1) is 5.82 Å². The van der Waals surface area contributed by atoms with Gasteiger partial charge in [0.1, 0.15) is 17.6 Å². The summed E-state index contributed by atoms with van der Waals surface area (Å²) in [5.41, 5.74) is 1.74. The topological polar surface area (TPSA) is 44.8 Å². The molecule has 4 nitrogen and oxygen atoms in total. The quantitative estimate of drug-likeness (QED) is 0.389. The fraction of sp³-hybridized carbons (Fsp3) is 0.182. The summed E-state index contributed by atoms with van der Waals surface area (Å²) in [6.07, 6.45) is -3.02. The highest BCUT2D eigenvalue weighted by Crippen LogP contribution is 2.41. The Bertz CT molecular complexity index is 1280. The number of hydrogen-bond donors (Lipinski definition) is 1. The Morgan fingerprint density at radius 2 is 1.90 bits per heavy atom. The second-order valence-corrected chi connectivity index (χ2v) is 7.75. The SMILES string of the molecule is Fc1ccccc1C1c2[nH]c3ccc(Cl)cc3c2CCN1c1nccc(C(F)(F)F)n1. The monoisotopic (exact) mass is 446 g/mol. The van der Waals surface area contributed by atoms with Gasteiger partial charge in [0.05, 0.1) is 0 Å². The largest absolute Gasteiger partial charge is 0.433 e. The van der Waals surface area contributed by atoms with E-state index in [1.165, 1.54) is 6.07 Å². The maximum absolute atomic E-state index is 14.9. The molecule has 5 rings (SSSR count). The van der Waals surface area contributed by atoms with Gasteiger partial charge in [-0.05, 0) is 42.3 Å². The van der Waals surface area contributed by atoms with Gasteiger partial charge in [-0.25, -0.2) is 14.4 Å². The zero-order valence-electron chi connectivity index (χ0n) is 15.9. The third-order valence-corrected chi connectivity index (χ3v) is 5.71. The van der Waals surface area contributed by atoms with Crippen molar-refractivity contribution < 1.29 is 17.6 Å². The van der Waals surface area contributed by atoms with E-state index in [0.29, 0.717) is 29.2 Å². The van der Waals surface area contributed by atoms with Gasteiger partial charge in [-0.2, -0.15) is 13.2 Å². The van der Waals surface area contributed by atoms with E-state index in [0.717, 1.165) is 28.7 Å². The number of halogens is 5. The highest BCUT2D eigenvalue weighted by Gasteiger charge is 2.37. The molecule has 158 valence electrons. The van der Waals surface area contributed by atoms with Crippen LogP contribution in [0.1, 0.15) is 28.6 Å². The van der Waals surface area contributed by atoms with E-state index in [1.54, 1.807) is 29.2 Å². The van der Waals surface area contributed by atoms with Crippen LogP contribution in [0.3, 0.4) is 0 Å². The Balaban J connectivity index is 1.72. The molecule has 9 heteroatoms. The van der Waals surface area contributed by atoms with Crippen molar-refractivity contribution >= 4 is 28.5 Å². The Labute approximate surface area is 179 Å².